The van der Waals surface area contributed by atoms with E-state index in [1.807, 2.05) is 0 Å². The van der Waals surface area contributed by atoms with Gasteiger partial charge in [-0.25, -0.2) is 0 Å². The summed E-state index contributed by atoms with van der Waals surface area (Å²) in [5, 5.41) is 0. The Morgan fingerprint density at radius 1 is 0.611 bits per heavy atom. The average molecular weight is 254 g/mol. The molecule has 0 aromatic carbocycles. The number of unbranched alkanes of at least 4 members (excludes halogenated alkanes) is 7. The summed E-state index contributed by atoms with van der Waals surface area (Å²) in [6.45, 7) is 10.5. The molecule has 1 saturated heterocycles. The van der Waals surface area contributed by atoms with E-state index >= 15 is 0 Å². The highest BCUT2D eigenvalue weighted by atomic mass is 15.4. The van der Waals surface area contributed by atoms with E-state index < -0.39 is 0 Å². The molecule has 0 atom stereocenters. The van der Waals surface area contributed by atoms with Crippen LogP contribution >= 0.6 is 0 Å². The van der Waals surface area contributed by atoms with Crippen molar-refractivity contribution in [3.8, 4) is 0 Å². The van der Waals surface area contributed by atoms with Crippen molar-refractivity contribution in [2.75, 3.05) is 26.2 Å². The van der Waals surface area contributed by atoms with Gasteiger partial charge >= 0.3 is 0 Å². The van der Waals surface area contributed by atoms with Gasteiger partial charge in [0.05, 0.1) is 26.2 Å². The van der Waals surface area contributed by atoms with E-state index in [0.29, 0.717) is 0 Å². The van der Waals surface area contributed by atoms with E-state index in [0.717, 1.165) is 0 Å². The largest absolute Gasteiger partial charge is 0.324 e. The molecule has 1 rings (SSSR count). The maximum absolute atomic E-state index is 2.35. The second kappa shape index (κ2) is 9.83. The third-order valence-corrected chi connectivity index (χ3v) is 4.70. The fourth-order valence-electron chi connectivity index (χ4n) is 3.62. The van der Waals surface area contributed by atoms with Gasteiger partial charge in [0.15, 0.2) is 0 Å². The third kappa shape index (κ3) is 6.22. The summed E-state index contributed by atoms with van der Waals surface area (Å²) in [4.78, 5) is 0. The zero-order valence-corrected chi connectivity index (χ0v) is 13.1. The molecule has 1 aliphatic rings. The molecule has 1 nitrogen and oxygen atoms in total. The van der Waals surface area contributed by atoms with Crippen molar-refractivity contribution in [1.82, 2.24) is 0 Å². The van der Waals surface area contributed by atoms with Crippen LogP contribution in [0.4, 0.5) is 0 Å². The van der Waals surface area contributed by atoms with Crippen LogP contribution in [-0.4, -0.2) is 30.7 Å². The van der Waals surface area contributed by atoms with Crippen molar-refractivity contribution in [3.05, 3.63) is 0 Å². The maximum Gasteiger partial charge on any atom is 0.0788 e. The predicted molar refractivity (Wildman–Crippen MR) is 81.9 cm³/mol. The molecule has 0 spiro atoms. The molecule has 0 N–H and O–H groups in total. The molecule has 0 aromatic heterocycles. The van der Waals surface area contributed by atoms with Gasteiger partial charge < -0.3 is 4.48 Å². The van der Waals surface area contributed by atoms with Crippen LogP contribution in [0.25, 0.3) is 0 Å². The molecule has 0 bridgehead atoms. The molecule has 108 valence electrons. The molecule has 1 aliphatic heterocycles. The van der Waals surface area contributed by atoms with Crippen molar-refractivity contribution in [2.45, 2.75) is 84.5 Å². The summed E-state index contributed by atoms with van der Waals surface area (Å²) in [6.07, 6.45) is 16.0. The molecule has 0 aliphatic carbocycles. The Labute approximate surface area is 116 Å². The minimum Gasteiger partial charge on any atom is -0.324 e. The van der Waals surface area contributed by atoms with Crippen molar-refractivity contribution in [2.24, 2.45) is 0 Å². The van der Waals surface area contributed by atoms with E-state index in [1.54, 1.807) is 0 Å². The number of nitrogens with zero attached hydrogens (tertiary/aromatic N) is 1. The van der Waals surface area contributed by atoms with Gasteiger partial charge in [0, 0.05) is 12.8 Å². The highest BCUT2D eigenvalue weighted by molar-refractivity contribution is 4.56. The van der Waals surface area contributed by atoms with E-state index in [1.165, 1.54) is 101 Å². The predicted octanol–water partition coefficient (Wildman–Crippen LogP) is 5.15. The SMILES string of the molecule is CCCCCCCCCC[N+]1(CCC)CCCC1. The summed E-state index contributed by atoms with van der Waals surface area (Å²) in [5.74, 6) is 0. The first kappa shape index (κ1) is 16.0. The van der Waals surface area contributed by atoms with Crippen LogP contribution in [-0.2, 0) is 0 Å². The summed E-state index contributed by atoms with van der Waals surface area (Å²) in [7, 11) is 0. The van der Waals surface area contributed by atoms with Crippen molar-refractivity contribution >= 4 is 0 Å². The quantitative estimate of drug-likeness (QED) is 0.353. The average Bonchev–Trinajstić information content (AvgIpc) is 2.82. The van der Waals surface area contributed by atoms with Crippen LogP contribution < -0.4 is 0 Å². The van der Waals surface area contributed by atoms with Gasteiger partial charge in [0.1, 0.15) is 0 Å². The van der Waals surface area contributed by atoms with Crippen molar-refractivity contribution in [3.63, 3.8) is 0 Å². The van der Waals surface area contributed by atoms with E-state index in [9.17, 15) is 0 Å². The Morgan fingerprint density at radius 2 is 1.17 bits per heavy atom. The van der Waals surface area contributed by atoms with Gasteiger partial charge in [0.2, 0.25) is 0 Å². The lowest BCUT2D eigenvalue weighted by atomic mass is 10.1. The molecular formula is C17H36N+. The number of quaternary nitrogens is 1. The Morgan fingerprint density at radius 3 is 1.72 bits per heavy atom. The summed E-state index contributed by atoms with van der Waals surface area (Å²) in [5.41, 5.74) is 0. The fraction of sp³-hybridized carbons (Fsp3) is 1.00. The first-order valence-electron chi connectivity index (χ1n) is 8.68. The van der Waals surface area contributed by atoms with Gasteiger partial charge in [-0.05, 0) is 19.3 Å². The minimum atomic E-state index is 1.37. The van der Waals surface area contributed by atoms with Gasteiger partial charge in [-0.2, -0.15) is 0 Å². The number of likely N-dealkylation sites (tertiary alicyclic amines) is 1. The van der Waals surface area contributed by atoms with Crippen LogP contribution in [0.5, 0.6) is 0 Å². The van der Waals surface area contributed by atoms with E-state index in [4.69, 9.17) is 0 Å². The molecule has 0 aromatic rings. The van der Waals surface area contributed by atoms with Gasteiger partial charge in [0.25, 0.3) is 0 Å². The molecule has 18 heavy (non-hydrogen) atoms. The number of hydrogen-bond acceptors (Lipinski definition) is 0. The Balaban J connectivity index is 1.98. The highest BCUT2D eigenvalue weighted by Gasteiger charge is 2.29. The second-order valence-corrected chi connectivity index (χ2v) is 6.42. The van der Waals surface area contributed by atoms with Gasteiger partial charge in [-0.1, -0.05) is 52.4 Å². The van der Waals surface area contributed by atoms with Crippen molar-refractivity contribution in [1.29, 1.82) is 0 Å². The second-order valence-electron chi connectivity index (χ2n) is 6.42. The van der Waals surface area contributed by atoms with Gasteiger partial charge in [-0.15, -0.1) is 0 Å². The van der Waals surface area contributed by atoms with E-state index in [-0.39, 0.29) is 0 Å². The zero-order chi connectivity index (χ0) is 13.1. The molecule has 0 saturated carbocycles. The molecule has 1 heterocycles. The monoisotopic (exact) mass is 254 g/mol. The smallest absolute Gasteiger partial charge is 0.0788 e. The van der Waals surface area contributed by atoms with Crippen LogP contribution in [0.1, 0.15) is 84.5 Å². The minimum absolute atomic E-state index is 1.37. The fourth-order valence-corrected chi connectivity index (χ4v) is 3.62. The lowest BCUT2D eigenvalue weighted by Crippen LogP contribution is -2.46. The van der Waals surface area contributed by atoms with E-state index in [2.05, 4.69) is 13.8 Å². The van der Waals surface area contributed by atoms with Crippen LogP contribution in [0, 0.1) is 0 Å². The maximum atomic E-state index is 2.35. The standard InChI is InChI=1S/C17H36N/c1-3-5-6-7-8-9-10-11-15-18(14-4-2)16-12-13-17-18/h3-17H2,1-2H3/q+1. The third-order valence-electron chi connectivity index (χ3n) is 4.70. The molecule has 1 fully saturated rings. The summed E-state index contributed by atoms with van der Waals surface area (Å²) >= 11 is 0. The first-order valence-corrected chi connectivity index (χ1v) is 8.68. The number of rotatable bonds is 11. The highest BCUT2D eigenvalue weighted by Crippen LogP contribution is 2.21. The van der Waals surface area contributed by atoms with Crippen LogP contribution in [0.3, 0.4) is 0 Å². The molecule has 0 amide bonds. The molecule has 0 unspecified atom stereocenters. The molecule has 1 heteroatoms. The topological polar surface area (TPSA) is 0 Å². The van der Waals surface area contributed by atoms with Crippen LogP contribution in [0.15, 0.2) is 0 Å². The summed E-state index contributed by atoms with van der Waals surface area (Å²) < 4.78 is 1.46. The van der Waals surface area contributed by atoms with Gasteiger partial charge in [-0.3, -0.25) is 0 Å². The molecule has 0 radical (unpaired) electrons. The Hall–Kier alpha value is -0.0400. The van der Waals surface area contributed by atoms with Crippen LogP contribution in [0.2, 0.25) is 0 Å². The Bertz CT molecular complexity index is 182. The molecular weight excluding hydrogens is 218 g/mol. The summed E-state index contributed by atoms with van der Waals surface area (Å²) in [6, 6.07) is 0. The van der Waals surface area contributed by atoms with Crippen molar-refractivity contribution < 1.29 is 4.48 Å². The number of hydrogen-bond donors (Lipinski definition) is 0. The zero-order valence-electron chi connectivity index (χ0n) is 13.1. The lowest BCUT2D eigenvalue weighted by molar-refractivity contribution is -0.917. The first-order chi connectivity index (χ1) is 8.83. The normalized spacial score (nSPS) is 18.3. The Kier molecular flexibility index (Phi) is 8.75. The lowest BCUT2D eigenvalue weighted by Gasteiger charge is -2.34.